The topological polar surface area (TPSA) is 49.9 Å². The van der Waals surface area contributed by atoms with Gasteiger partial charge < -0.3 is 14.5 Å². The van der Waals surface area contributed by atoms with E-state index in [2.05, 4.69) is 6.92 Å². The van der Waals surface area contributed by atoms with Crippen molar-refractivity contribution in [1.82, 2.24) is 9.80 Å². The molecule has 5 heteroatoms. The van der Waals surface area contributed by atoms with E-state index in [1.807, 2.05) is 34.9 Å². The van der Waals surface area contributed by atoms with Gasteiger partial charge in [0, 0.05) is 37.7 Å². The number of piperidine rings is 2. The molecule has 2 amide bonds. The Morgan fingerprint density at radius 1 is 1.12 bits per heavy atom. The van der Waals surface area contributed by atoms with Crippen LogP contribution in [0.15, 0.2) is 24.3 Å². The summed E-state index contributed by atoms with van der Waals surface area (Å²) in [6.45, 7) is 7.82. The highest BCUT2D eigenvalue weighted by atomic mass is 16.5. The molecule has 2 aliphatic rings. The number of likely N-dealkylation sites (tertiary alicyclic amines) is 2. The van der Waals surface area contributed by atoms with Gasteiger partial charge in [-0.1, -0.05) is 13.0 Å². The van der Waals surface area contributed by atoms with Gasteiger partial charge in [0.25, 0.3) is 5.91 Å². The lowest BCUT2D eigenvalue weighted by Gasteiger charge is -2.37. The molecule has 1 aromatic rings. The Kier molecular flexibility index (Phi) is 6.17. The summed E-state index contributed by atoms with van der Waals surface area (Å²) in [6.07, 6.45) is 3.86. The summed E-state index contributed by atoms with van der Waals surface area (Å²) in [4.78, 5) is 29.4. The average molecular weight is 358 g/mol. The molecular weight excluding hydrogens is 328 g/mol. The minimum Gasteiger partial charge on any atom is -0.494 e. The zero-order chi connectivity index (χ0) is 18.5. The molecule has 0 bridgehead atoms. The number of amides is 2. The zero-order valence-electron chi connectivity index (χ0n) is 15.9. The van der Waals surface area contributed by atoms with Crippen LogP contribution in [0.4, 0.5) is 0 Å². The molecule has 3 rings (SSSR count). The molecule has 2 fully saturated rings. The van der Waals surface area contributed by atoms with Crippen molar-refractivity contribution in [3.8, 4) is 5.75 Å². The minimum absolute atomic E-state index is 0.0315. The van der Waals surface area contributed by atoms with Crippen molar-refractivity contribution in [2.75, 3.05) is 32.8 Å². The third kappa shape index (κ3) is 4.37. The first kappa shape index (κ1) is 18.7. The number of nitrogens with zero attached hydrogens (tertiary/aromatic N) is 2. The van der Waals surface area contributed by atoms with Crippen LogP contribution >= 0.6 is 0 Å². The van der Waals surface area contributed by atoms with E-state index in [-0.39, 0.29) is 11.8 Å². The lowest BCUT2D eigenvalue weighted by molar-refractivity contribution is -0.138. The van der Waals surface area contributed by atoms with Crippen LogP contribution in [0.5, 0.6) is 5.75 Å². The summed E-state index contributed by atoms with van der Waals surface area (Å²) in [5.41, 5.74) is 0.658. The SMILES string of the molecule is CCOc1cccc(C(=O)N2CCC(C(=O)N3CCC[C@@H](C)C3)CC2)c1. The second-order valence-electron chi connectivity index (χ2n) is 7.56. The fourth-order valence-electron chi connectivity index (χ4n) is 4.05. The van der Waals surface area contributed by atoms with Crippen molar-refractivity contribution < 1.29 is 14.3 Å². The molecule has 0 radical (unpaired) electrons. The lowest BCUT2D eigenvalue weighted by Crippen LogP contribution is -2.47. The van der Waals surface area contributed by atoms with Gasteiger partial charge in [-0.2, -0.15) is 0 Å². The minimum atomic E-state index is 0.0315. The molecule has 1 atom stereocenters. The van der Waals surface area contributed by atoms with Gasteiger partial charge in [0.1, 0.15) is 5.75 Å². The third-order valence-electron chi connectivity index (χ3n) is 5.49. The highest BCUT2D eigenvalue weighted by Crippen LogP contribution is 2.25. The van der Waals surface area contributed by atoms with E-state index in [4.69, 9.17) is 4.74 Å². The summed E-state index contributed by atoms with van der Waals surface area (Å²) in [5, 5.41) is 0. The van der Waals surface area contributed by atoms with Crippen molar-refractivity contribution in [3.05, 3.63) is 29.8 Å². The molecule has 2 heterocycles. The Bertz CT molecular complexity index is 638. The van der Waals surface area contributed by atoms with Crippen LogP contribution in [0.1, 0.15) is 49.9 Å². The van der Waals surface area contributed by atoms with Crippen LogP contribution < -0.4 is 4.74 Å². The number of carbonyl (C=O) groups excluding carboxylic acids is 2. The quantitative estimate of drug-likeness (QED) is 0.830. The molecule has 5 nitrogen and oxygen atoms in total. The molecule has 26 heavy (non-hydrogen) atoms. The van der Waals surface area contributed by atoms with Crippen molar-refractivity contribution >= 4 is 11.8 Å². The van der Waals surface area contributed by atoms with Crippen LogP contribution in [0, 0.1) is 11.8 Å². The molecular formula is C21H30N2O3. The molecule has 0 unspecified atom stereocenters. The van der Waals surface area contributed by atoms with E-state index >= 15 is 0 Å². The maximum atomic E-state index is 12.8. The number of rotatable bonds is 4. The Hall–Kier alpha value is -2.04. The van der Waals surface area contributed by atoms with Crippen LogP contribution in [0.25, 0.3) is 0 Å². The fourth-order valence-corrected chi connectivity index (χ4v) is 4.05. The molecule has 2 aliphatic heterocycles. The summed E-state index contributed by atoms with van der Waals surface area (Å²) in [5.74, 6) is 1.72. The molecule has 0 spiro atoms. The maximum absolute atomic E-state index is 12.8. The van der Waals surface area contributed by atoms with Gasteiger partial charge in [-0.15, -0.1) is 0 Å². The highest BCUT2D eigenvalue weighted by molar-refractivity contribution is 5.94. The van der Waals surface area contributed by atoms with Crippen molar-refractivity contribution in [2.24, 2.45) is 11.8 Å². The average Bonchev–Trinajstić information content (AvgIpc) is 2.67. The molecule has 2 saturated heterocycles. The first-order valence-electron chi connectivity index (χ1n) is 9.89. The van der Waals surface area contributed by atoms with Gasteiger partial charge in [0.2, 0.25) is 5.91 Å². The van der Waals surface area contributed by atoms with E-state index in [1.54, 1.807) is 6.07 Å². The van der Waals surface area contributed by atoms with Gasteiger partial charge in [-0.3, -0.25) is 9.59 Å². The van der Waals surface area contributed by atoms with E-state index < -0.39 is 0 Å². The Morgan fingerprint density at radius 3 is 2.58 bits per heavy atom. The molecule has 0 saturated carbocycles. The fraction of sp³-hybridized carbons (Fsp3) is 0.619. The van der Waals surface area contributed by atoms with Crippen LogP contribution in [-0.4, -0.2) is 54.4 Å². The molecule has 0 aromatic heterocycles. The Labute approximate surface area is 156 Å². The first-order chi connectivity index (χ1) is 12.6. The summed E-state index contributed by atoms with van der Waals surface area (Å²) < 4.78 is 5.49. The summed E-state index contributed by atoms with van der Waals surface area (Å²) in [7, 11) is 0. The summed E-state index contributed by atoms with van der Waals surface area (Å²) in [6, 6.07) is 7.35. The number of hydrogen-bond acceptors (Lipinski definition) is 3. The number of hydrogen-bond donors (Lipinski definition) is 0. The highest BCUT2D eigenvalue weighted by Gasteiger charge is 2.32. The predicted octanol–water partition coefficient (Wildman–Crippen LogP) is 3.20. The number of ether oxygens (including phenoxy) is 1. The second kappa shape index (κ2) is 8.56. The van der Waals surface area contributed by atoms with E-state index in [1.165, 1.54) is 6.42 Å². The van der Waals surface area contributed by atoms with Crippen molar-refractivity contribution in [3.63, 3.8) is 0 Å². The van der Waals surface area contributed by atoms with E-state index in [0.717, 1.165) is 38.1 Å². The van der Waals surface area contributed by atoms with Crippen LogP contribution in [0.3, 0.4) is 0 Å². The number of carbonyl (C=O) groups is 2. The standard InChI is InChI=1S/C21H30N2O3/c1-3-26-19-8-4-7-18(14-19)21(25)22-12-9-17(10-13-22)20(24)23-11-5-6-16(2)15-23/h4,7-8,14,16-17H,3,5-6,9-13,15H2,1-2H3/t16-/m1/s1. The van der Waals surface area contributed by atoms with Gasteiger partial charge in [0.05, 0.1) is 6.61 Å². The maximum Gasteiger partial charge on any atom is 0.253 e. The Morgan fingerprint density at radius 2 is 1.88 bits per heavy atom. The lowest BCUT2D eigenvalue weighted by atomic mass is 9.92. The van der Waals surface area contributed by atoms with Gasteiger partial charge >= 0.3 is 0 Å². The zero-order valence-corrected chi connectivity index (χ0v) is 15.9. The monoisotopic (exact) mass is 358 g/mol. The second-order valence-corrected chi connectivity index (χ2v) is 7.56. The predicted molar refractivity (Wildman–Crippen MR) is 101 cm³/mol. The third-order valence-corrected chi connectivity index (χ3v) is 5.49. The smallest absolute Gasteiger partial charge is 0.253 e. The molecule has 142 valence electrons. The van der Waals surface area contributed by atoms with E-state index in [9.17, 15) is 9.59 Å². The summed E-state index contributed by atoms with van der Waals surface area (Å²) >= 11 is 0. The van der Waals surface area contributed by atoms with Crippen molar-refractivity contribution in [1.29, 1.82) is 0 Å². The van der Waals surface area contributed by atoms with Gasteiger partial charge in [-0.05, 0) is 56.7 Å². The largest absolute Gasteiger partial charge is 0.494 e. The van der Waals surface area contributed by atoms with Crippen LogP contribution in [0.2, 0.25) is 0 Å². The molecule has 1 aromatic carbocycles. The normalized spacial score (nSPS) is 21.5. The number of benzene rings is 1. The Balaban J connectivity index is 1.55. The molecule has 0 aliphatic carbocycles. The molecule has 0 N–H and O–H groups in total. The first-order valence-corrected chi connectivity index (χ1v) is 9.89. The van der Waals surface area contributed by atoms with E-state index in [0.29, 0.717) is 37.1 Å². The van der Waals surface area contributed by atoms with Gasteiger partial charge in [-0.25, -0.2) is 0 Å². The van der Waals surface area contributed by atoms with Crippen molar-refractivity contribution in [2.45, 2.75) is 39.5 Å². The van der Waals surface area contributed by atoms with Crippen LogP contribution in [-0.2, 0) is 4.79 Å². The van der Waals surface area contributed by atoms with Gasteiger partial charge in [0.15, 0.2) is 0 Å².